The smallest absolute Gasteiger partial charge is 0.169 e. The van der Waals surface area contributed by atoms with Gasteiger partial charge in [-0.3, -0.25) is 4.98 Å². The highest BCUT2D eigenvalue weighted by Crippen LogP contribution is 2.15. The predicted octanol–water partition coefficient (Wildman–Crippen LogP) is 3.99. The van der Waals surface area contributed by atoms with Gasteiger partial charge in [0, 0.05) is 36.3 Å². The standard InChI is InChI=1S/C16H20BrN2/c17-9-3-1-2-4-12-19-13-7-16(8-14-19)15-5-10-18-11-6-15/h5-8,10-11,13-14H,1-4,9,12H2/q+1. The number of unbranched alkanes of at least 4 members (excludes halogenated alkanes) is 3. The molecule has 0 saturated heterocycles. The lowest BCUT2D eigenvalue weighted by atomic mass is 10.1. The fraction of sp³-hybridized carbons (Fsp3) is 0.375. The Morgan fingerprint density at radius 1 is 0.842 bits per heavy atom. The van der Waals surface area contributed by atoms with E-state index in [9.17, 15) is 0 Å². The summed E-state index contributed by atoms with van der Waals surface area (Å²) in [5.74, 6) is 0. The van der Waals surface area contributed by atoms with Crippen LogP contribution in [-0.2, 0) is 6.54 Å². The van der Waals surface area contributed by atoms with Gasteiger partial charge >= 0.3 is 0 Å². The van der Waals surface area contributed by atoms with Gasteiger partial charge in [-0.05, 0) is 36.1 Å². The van der Waals surface area contributed by atoms with Crippen molar-refractivity contribution in [3.05, 3.63) is 49.1 Å². The summed E-state index contributed by atoms with van der Waals surface area (Å²) in [5.41, 5.74) is 2.47. The maximum Gasteiger partial charge on any atom is 0.169 e. The number of rotatable bonds is 7. The monoisotopic (exact) mass is 319 g/mol. The summed E-state index contributed by atoms with van der Waals surface area (Å²) in [4.78, 5) is 4.04. The Labute approximate surface area is 123 Å². The Kier molecular flexibility index (Phi) is 6.02. The van der Waals surface area contributed by atoms with E-state index in [2.05, 4.69) is 50.0 Å². The first kappa shape index (κ1) is 14.2. The van der Waals surface area contributed by atoms with Crippen molar-refractivity contribution < 1.29 is 4.57 Å². The third-order valence-electron chi connectivity index (χ3n) is 3.20. The first-order valence-corrected chi connectivity index (χ1v) is 7.98. The molecule has 0 aromatic carbocycles. The van der Waals surface area contributed by atoms with E-state index >= 15 is 0 Å². The number of aryl methyl sites for hydroxylation is 1. The SMILES string of the molecule is BrCCCCCC[n+]1ccc(-c2ccncc2)cc1. The largest absolute Gasteiger partial charge is 0.265 e. The number of hydrogen-bond acceptors (Lipinski definition) is 1. The molecule has 0 unspecified atom stereocenters. The normalized spacial score (nSPS) is 10.6. The van der Waals surface area contributed by atoms with Crippen molar-refractivity contribution in [1.29, 1.82) is 0 Å². The summed E-state index contributed by atoms with van der Waals surface area (Å²) in [5, 5.41) is 1.13. The van der Waals surface area contributed by atoms with Crippen LogP contribution in [0.1, 0.15) is 25.7 Å². The van der Waals surface area contributed by atoms with Crippen molar-refractivity contribution in [2.45, 2.75) is 32.2 Å². The van der Waals surface area contributed by atoms with Crippen LogP contribution in [0.4, 0.5) is 0 Å². The van der Waals surface area contributed by atoms with Crippen molar-refractivity contribution >= 4 is 15.9 Å². The molecule has 0 amide bonds. The maximum absolute atomic E-state index is 4.04. The van der Waals surface area contributed by atoms with Gasteiger partial charge in [-0.2, -0.15) is 0 Å². The Balaban J connectivity index is 1.85. The van der Waals surface area contributed by atoms with E-state index in [0.717, 1.165) is 11.9 Å². The van der Waals surface area contributed by atoms with Crippen molar-refractivity contribution in [3.8, 4) is 11.1 Å². The molecular weight excluding hydrogens is 300 g/mol. The molecule has 0 radical (unpaired) electrons. The number of halogens is 1. The fourth-order valence-electron chi connectivity index (χ4n) is 2.09. The number of pyridine rings is 2. The van der Waals surface area contributed by atoms with E-state index in [1.54, 1.807) is 0 Å². The zero-order chi connectivity index (χ0) is 13.3. The molecular formula is C16H20BrN2+. The van der Waals surface area contributed by atoms with Crippen molar-refractivity contribution in [2.75, 3.05) is 5.33 Å². The van der Waals surface area contributed by atoms with Gasteiger partial charge in [0.25, 0.3) is 0 Å². The van der Waals surface area contributed by atoms with Crippen LogP contribution in [0.2, 0.25) is 0 Å². The Hall–Kier alpha value is -1.22. The Bertz CT molecular complexity index is 468. The van der Waals surface area contributed by atoms with Crippen LogP contribution in [0.15, 0.2) is 49.1 Å². The molecule has 0 aliphatic rings. The van der Waals surface area contributed by atoms with Crippen LogP contribution in [0.5, 0.6) is 0 Å². The number of nitrogens with zero attached hydrogens (tertiary/aromatic N) is 2. The zero-order valence-corrected chi connectivity index (χ0v) is 12.7. The van der Waals surface area contributed by atoms with Crippen LogP contribution in [0, 0.1) is 0 Å². The van der Waals surface area contributed by atoms with Gasteiger partial charge in [0.2, 0.25) is 0 Å². The lowest BCUT2D eigenvalue weighted by molar-refractivity contribution is -0.697. The summed E-state index contributed by atoms with van der Waals surface area (Å²) in [6, 6.07) is 8.43. The van der Waals surface area contributed by atoms with Crippen LogP contribution >= 0.6 is 15.9 Å². The van der Waals surface area contributed by atoms with E-state index in [-0.39, 0.29) is 0 Å². The summed E-state index contributed by atoms with van der Waals surface area (Å²) in [6.45, 7) is 1.11. The van der Waals surface area contributed by atoms with Gasteiger partial charge in [0.15, 0.2) is 12.4 Å². The number of alkyl halides is 1. The maximum atomic E-state index is 4.04. The van der Waals surface area contributed by atoms with Crippen molar-refractivity contribution in [2.24, 2.45) is 0 Å². The van der Waals surface area contributed by atoms with Crippen molar-refractivity contribution in [3.63, 3.8) is 0 Å². The van der Waals surface area contributed by atoms with Crippen LogP contribution in [0.25, 0.3) is 11.1 Å². The minimum absolute atomic E-state index is 1.11. The van der Waals surface area contributed by atoms with E-state index in [0.29, 0.717) is 0 Å². The van der Waals surface area contributed by atoms with Gasteiger partial charge in [-0.1, -0.05) is 22.4 Å². The molecule has 2 rings (SSSR count). The molecule has 100 valence electrons. The molecule has 0 aliphatic heterocycles. The molecule has 19 heavy (non-hydrogen) atoms. The average Bonchev–Trinajstić information content (AvgIpc) is 2.49. The second kappa shape index (κ2) is 8.05. The lowest BCUT2D eigenvalue weighted by Crippen LogP contribution is -2.32. The van der Waals surface area contributed by atoms with Crippen LogP contribution < -0.4 is 4.57 Å². The van der Waals surface area contributed by atoms with Crippen LogP contribution in [-0.4, -0.2) is 10.3 Å². The van der Waals surface area contributed by atoms with Gasteiger partial charge < -0.3 is 0 Å². The molecule has 0 bridgehead atoms. The van der Waals surface area contributed by atoms with E-state index in [1.807, 2.05) is 24.5 Å². The first-order chi connectivity index (χ1) is 9.40. The van der Waals surface area contributed by atoms with Crippen molar-refractivity contribution in [1.82, 2.24) is 4.98 Å². The summed E-state index contributed by atoms with van der Waals surface area (Å²) in [6.07, 6.45) is 13.2. The molecule has 2 aromatic rings. The quantitative estimate of drug-likeness (QED) is 0.428. The van der Waals surface area contributed by atoms with Gasteiger partial charge in [-0.25, -0.2) is 4.57 Å². The first-order valence-electron chi connectivity index (χ1n) is 6.85. The third-order valence-corrected chi connectivity index (χ3v) is 3.77. The minimum atomic E-state index is 1.11. The number of hydrogen-bond donors (Lipinski definition) is 0. The second-order valence-corrected chi connectivity index (χ2v) is 5.46. The molecule has 0 aliphatic carbocycles. The van der Waals surface area contributed by atoms with E-state index < -0.39 is 0 Å². The zero-order valence-electron chi connectivity index (χ0n) is 11.1. The van der Waals surface area contributed by atoms with E-state index in [4.69, 9.17) is 0 Å². The third kappa shape index (κ3) is 4.75. The van der Waals surface area contributed by atoms with Crippen LogP contribution in [0.3, 0.4) is 0 Å². The fourth-order valence-corrected chi connectivity index (χ4v) is 2.48. The topological polar surface area (TPSA) is 16.8 Å². The minimum Gasteiger partial charge on any atom is -0.265 e. The molecule has 2 heterocycles. The van der Waals surface area contributed by atoms with Gasteiger partial charge in [0.05, 0.1) is 0 Å². The molecule has 0 atom stereocenters. The van der Waals surface area contributed by atoms with E-state index in [1.165, 1.54) is 36.8 Å². The molecule has 0 saturated carbocycles. The molecule has 2 nitrogen and oxygen atoms in total. The second-order valence-electron chi connectivity index (χ2n) is 4.66. The highest BCUT2D eigenvalue weighted by molar-refractivity contribution is 9.09. The summed E-state index contributed by atoms with van der Waals surface area (Å²) >= 11 is 3.47. The Morgan fingerprint density at radius 3 is 2.16 bits per heavy atom. The van der Waals surface area contributed by atoms with Gasteiger partial charge in [0.1, 0.15) is 6.54 Å². The predicted molar refractivity (Wildman–Crippen MR) is 82.1 cm³/mol. The highest BCUT2D eigenvalue weighted by atomic mass is 79.9. The molecule has 0 spiro atoms. The molecule has 3 heteroatoms. The molecule has 0 N–H and O–H groups in total. The highest BCUT2D eigenvalue weighted by Gasteiger charge is 2.02. The molecule has 0 fully saturated rings. The lowest BCUT2D eigenvalue weighted by Gasteiger charge is -2.01. The average molecular weight is 320 g/mol. The Morgan fingerprint density at radius 2 is 1.47 bits per heavy atom. The number of aromatic nitrogens is 2. The summed E-state index contributed by atoms with van der Waals surface area (Å²) < 4.78 is 2.26. The molecule has 2 aromatic heterocycles. The van der Waals surface area contributed by atoms with Gasteiger partial charge in [-0.15, -0.1) is 0 Å². The summed E-state index contributed by atoms with van der Waals surface area (Å²) in [7, 11) is 0.